The lowest BCUT2D eigenvalue weighted by molar-refractivity contribution is -0.169. The van der Waals surface area contributed by atoms with Crippen LogP contribution in [-0.4, -0.2) is 42.8 Å². The Kier molecular flexibility index (Phi) is 8.18. The van der Waals surface area contributed by atoms with E-state index in [0.717, 1.165) is 6.20 Å². The van der Waals surface area contributed by atoms with Gasteiger partial charge in [0.15, 0.2) is 5.92 Å². The molecule has 1 heterocycles. The van der Waals surface area contributed by atoms with E-state index >= 15 is 0 Å². The lowest BCUT2D eigenvalue weighted by Gasteiger charge is -2.23. The summed E-state index contributed by atoms with van der Waals surface area (Å²) in [4.78, 5) is 28.2. The topological polar surface area (TPSA) is 74.7 Å². The number of rotatable bonds is 9. The van der Waals surface area contributed by atoms with Gasteiger partial charge < -0.3 is 14.2 Å². The summed E-state index contributed by atoms with van der Waals surface area (Å²) >= 11 is 0. The largest absolute Gasteiger partial charge is 0.465 e. The maximum Gasteiger partial charge on any atom is 0.323 e. The van der Waals surface area contributed by atoms with Crippen LogP contribution in [0.1, 0.15) is 26.5 Å². The molecular formula is C16H22FNO5. The van der Waals surface area contributed by atoms with Gasteiger partial charge in [-0.3, -0.25) is 14.6 Å². The standard InChI is InChI=1S/C16H22FNO5/c1-4-21-13(9-12-8-7-11(17)10-18-12)14(15(19)22-5-2)16(20)23-6-3/h7-8,10,13-14H,4-6,9H2,1-3H3. The van der Waals surface area contributed by atoms with Crippen LogP contribution in [0, 0.1) is 11.7 Å². The molecule has 23 heavy (non-hydrogen) atoms. The van der Waals surface area contributed by atoms with Crippen molar-refractivity contribution in [1.29, 1.82) is 0 Å². The van der Waals surface area contributed by atoms with Gasteiger partial charge in [-0.2, -0.15) is 0 Å². The van der Waals surface area contributed by atoms with Crippen molar-refractivity contribution >= 4 is 11.9 Å². The predicted molar refractivity (Wildman–Crippen MR) is 80.1 cm³/mol. The molecule has 7 heteroatoms. The van der Waals surface area contributed by atoms with Gasteiger partial charge in [0.1, 0.15) is 5.82 Å². The second kappa shape index (κ2) is 9.89. The summed E-state index contributed by atoms with van der Waals surface area (Å²) in [6.07, 6.45) is 0.439. The number of carbonyl (C=O) groups excluding carboxylic acids is 2. The van der Waals surface area contributed by atoms with Crippen LogP contribution in [0.25, 0.3) is 0 Å². The summed E-state index contributed by atoms with van der Waals surface area (Å²) < 4.78 is 28.4. The summed E-state index contributed by atoms with van der Waals surface area (Å²) in [7, 11) is 0. The van der Waals surface area contributed by atoms with Gasteiger partial charge >= 0.3 is 11.9 Å². The third-order valence-corrected chi connectivity index (χ3v) is 3.03. The predicted octanol–water partition coefficient (Wildman–Crippen LogP) is 1.91. The van der Waals surface area contributed by atoms with Crippen LogP contribution < -0.4 is 0 Å². The highest BCUT2D eigenvalue weighted by molar-refractivity contribution is 5.95. The van der Waals surface area contributed by atoms with Crippen molar-refractivity contribution in [2.75, 3.05) is 19.8 Å². The van der Waals surface area contributed by atoms with Crippen LogP contribution in [0.3, 0.4) is 0 Å². The number of ether oxygens (including phenoxy) is 3. The van der Waals surface area contributed by atoms with Crippen LogP contribution in [0.5, 0.6) is 0 Å². The van der Waals surface area contributed by atoms with E-state index in [1.807, 2.05) is 0 Å². The monoisotopic (exact) mass is 327 g/mol. The molecule has 1 aromatic rings. The van der Waals surface area contributed by atoms with Gasteiger partial charge in [0.05, 0.1) is 25.5 Å². The van der Waals surface area contributed by atoms with Gasteiger partial charge in [-0.25, -0.2) is 4.39 Å². The third-order valence-electron chi connectivity index (χ3n) is 3.03. The number of pyridine rings is 1. The third kappa shape index (κ3) is 5.94. The first kappa shape index (κ1) is 19.0. The molecule has 0 saturated heterocycles. The summed E-state index contributed by atoms with van der Waals surface area (Å²) in [5.74, 6) is -3.08. The molecule has 0 bridgehead atoms. The fourth-order valence-corrected chi connectivity index (χ4v) is 2.08. The summed E-state index contributed by atoms with van der Waals surface area (Å²) in [5, 5.41) is 0. The van der Waals surface area contributed by atoms with Crippen molar-refractivity contribution in [3.05, 3.63) is 29.8 Å². The van der Waals surface area contributed by atoms with Gasteiger partial charge in [-0.05, 0) is 32.9 Å². The van der Waals surface area contributed by atoms with E-state index in [9.17, 15) is 14.0 Å². The minimum absolute atomic E-state index is 0.141. The van der Waals surface area contributed by atoms with Crippen molar-refractivity contribution < 1.29 is 28.2 Å². The fraction of sp³-hybridized carbons (Fsp3) is 0.562. The lowest BCUT2D eigenvalue weighted by atomic mass is 9.97. The van der Waals surface area contributed by atoms with Crippen molar-refractivity contribution in [3.63, 3.8) is 0 Å². The van der Waals surface area contributed by atoms with Crippen LogP contribution in [-0.2, 0) is 30.2 Å². The zero-order chi connectivity index (χ0) is 17.2. The highest BCUT2D eigenvalue weighted by Gasteiger charge is 2.38. The Morgan fingerprint density at radius 2 is 1.70 bits per heavy atom. The van der Waals surface area contributed by atoms with Crippen LogP contribution >= 0.6 is 0 Å². The smallest absolute Gasteiger partial charge is 0.323 e. The van der Waals surface area contributed by atoms with Gasteiger partial charge in [-0.1, -0.05) is 0 Å². The van der Waals surface area contributed by atoms with Gasteiger partial charge in [0, 0.05) is 18.7 Å². The Hall–Kier alpha value is -2.02. The lowest BCUT2D eigenvalue weighted by Crippen LogP contribution is -2.40. The second-order valence-electron chi connectivity index (χ2n) is 4.65. The minimum atomic E-state index is -1.21. The van der Waals surface area contributed by atoms with Crippen molar-refractivity contribution in [2.45, 2.75) is 33.3 Å². The molecule has 0 radical (unpaired) electrons. The van der Waals surface area contributed by atoms with Crippen LogP contribution in [0.15, 0.2) is 18.3 Å². The summed E-state index contributed by atoms with van der Waals surface area (Å²) in [5.41, 5.74) is 0.503. The zero-order valence-electron chi connectivity index (χ0n) is 13.6. The van der Waals surface area contributed by atoms with Crippen LogP contribution in [0.4, 0.5) is 4.39 Å². The highest BCUT2D eigenvalue weighted by Crippen LogP contribution is 2.18. The molecule has 1 aromatic heterocycles. The molecule has 1 unspecified atom stereocenters. The SMILES string of the molecule is CCOC(=O)C(C(=O)OCC)C(Cc1ccc(F)cn1)OCC. The quantitative estimate of drug-likeness (QED) is 0.509. The molecule has 1 rings (SSSR count). The number of esters is 2. The molecule has 0 N–H and O–H groups in total. The average Bonchev–Trinajstić information content (AvgIpc) is 2.50. The molecule has 0 aliphatic heterocycles. The van der Waals surface area contributed by atoms with E-state index < -0.39 is 29.8 Å². The van der Waals surface area contributed by atoms with E-state index in [2.05, 4.69) is 4.98 Å². The molecule has 1 atom stereocenters. The van der Waals surface area contributed by atoms with Crippen molar-refractivity contribution in [1.82, 2.24) is 4.98 Å². The normalized spacial score (nSPS) is 12.0. The fourth-order valence-electron chi connectivity index (χ4n) is 2.08. The van der Waals surface area contributed by atoms with Crippen LogP contribution in [0.2, 0.25) is 0 Å². The molecule has 0 aromatic carbocycles. The number of halogens is 1. The summed E-state index contributed by atoms with van der Waals surface area (Å²) in [6.45, 7) is 5.62. The maximum absolute atomic E-state index is 12.9. The number of carbonyl (C=O) groups is 2. The van der Waals surface area contributed by atoms with E-state index in [4.69, 9.17) is 14.2 Å². The first-order valence-electron chi connectivity index (χ1n) is 7.58. The number of hydrogen-bond acceptors (Lipinski definition) is 6. The first-order chi connectivity index (χ1) is 11.0. The molecule has 0 saturated carbocycles. The van der Waals surface area contributed by atoms with Gasteiger partial charge in [0.2, 0.25) is 0 Å². The average molecular weight is 327 g/mol. The molecule has 6 nitrogen and oxygen atoms in total. The number of aromatic nitrogens is 1. The van der Waals surface area contributed by atoms with E-state index in [0.29, 0.717) is 12.3 Å². The maximum atomic E-state index is 12.9. The Labute approximate surface area is 134 Å². The molecule has 0 aliphatic carbocycles. The Morgan fingerprint density at radius 1 is 1.09 bits per heavy atom. The molecule has 0 amide bonds. The van der Waals surface area contributed by atoms with E-state index in [-0.39, 0.29) is 19.6 Å². The molecule has 0 fully saturated rings. The zero-order valence-corrected chi connectivity index (χ0v) is 13.6. The highest BCUT2D eigenvalue weighted by atomic mass is 19.1. The Bertz CT molecular complexity index is 488. The molecule has 0 aliphatic rings. The first-order valence-corrected chi connectivity index (χ1v) is 7.58. The van der Waals surface area contributed by atoms with Crippen molar-refractivity contribution in [3.8, 4) is 0 Å². The molecular weight excluding hydrogens is 305 g/mol. The molecule has 128 valence electrons. The summed E-state index contributed by atoms with van der Waals surface area (Å²) in [6, 6.07) is 2.74. The number of nitrogens with zero attached hydrogens (tertiary/aromatic N) is 1. The Morgan fingerprint density at radius 3 is 2.13 bits per heavy atom. The Balaban J connectivity index is 3.00. The number of hydrogen-bond donors (Lipinski definition) is 0. The molecule has 0 spiro atoms. The van der Waals surface area contributed by atoms with Crippen molar-refractivity contribution in [2.24, 2.45) is 5.92 Å². The minimum Gasteiger partial charge on any atom is -0.465 e. The van der Waals surface area contributed by atoms with Gasteiger partial charge in [0.25, 0.3) is 0 Å². The van der Waals surface area contributed by atoms with E-state index in [1.165, 1.54) is 12.1 Å². The second-order valence-corrected chi connectivity index (χ2v) is 4.65. The van der Waals surface area contributed by atoms with Gasteiger partial charge in [-0.15, -0.1) is 0 Å². The van der Waals surface area contributed by atoms with E-state index in [1.54, 1.807) is 20.8 Å².